The van der Waals surface area contributed by atoms with Crippen molar-refractivity contribution in [2.24, 2.45) is 0 Å². The Morgan fingerprint density at radius 2 is 1.85 bits per heavy atom. The Bertz CT molecular complexity index is 601. The number of alkyl halides is 1. The van der Waals surface area contributed by atoms with Gasteiger partial charge in [-0.1, -0.05) is 29.8 Å². The molecule has 0 aromatic heterocycles. The number of anilines is 1. The Balaban J connectivity index is 2.28. The Kier molecular flexibility index (Phi) is 4.99. The van der Waals surface area contributed by atoms with Crippen molar-refractivity contribution in [3.8, 4) is 0 Å². The van der Waals surface area contributed by atoms with Crippen LogP contribution in [-0.4, -0.2) is 11.8 Å². The lowest BCUT2D eigenvalue weighted by molar-refractivity contribution is -0.116. The second kappa shape index (κ2) is 6.73. The summed E-state index contributed by atoms with van der Waals surface area (Å²) in [7, 11) is 0. The standard InChI is InChI=1S/C15H12Cl2FNO/c16-9-15(20)19(14-3-1-2-12(17)8-14)10-11-4-6-13(18)7-5-11/h1-8H,9-10H2. The first kappa shape index (κ1) is 14.8. The highest BCUT2D eigenvalue weighted by Crippen LogP contribution is 2.22. The summed E-state index contributed by atoms with van der Waals surface area (Å²) >= 11 is 11.6. The molecule has 2 aromatic rings. The van der Waals surface area contributed by atoms with Crippen LogP contribution in [0.1, 0.15) is 5.56 Å². The van der Waals surface area contributed by atoms with E-state index in [0.29, 0.717) is 17.3 Å². The lowest BCUT2D eigenvalue weighted by atomic mass is 10.2. The quantitative estimate of drug-likeness (QED) is 0.773. The molecule has 0 aliphatic heterocycles. The highest BCUT2D eigenvalue weighted by Gasteiger charge is 2.15. The molecular formula is C15H12Cl2FNO. The van der Waals surface area contributed by atoms with Crippen molar-refractivity contribution < 1.29 is 9.18 Å². The Labute approximate surface area is 126 Å². The summed E-state index contributed by atoms with van der Waals surface area (Å²) in [4.78, 5) is 13.5. The molecule has 0 saturated carbocycles. The van der Waals surface area contributed by atoms with Gasteiger partial charge in [-0.25, -0.2) is 4.39 Å². The van der Waals surface area contributed by atoms with Crippen molar-refractivity contribution in [2.75, 3.05) is 10.8 Å². The van der Waals surface area contributed by atoms with Crippen LogP contribution in [0.4, 0.5) is 10.1 Å². The minimum atomic E-state index is -0.313. The van der Waals surface area contributed by atoms with Gasteiger partial charge in [-0.15, -0.1) is 11.6 Å². The number of amides is 1. The summed E-state index contributed by atoms with van der Waals surface area (Å²) < 4.78 is 12.9. The van der Waals surface area contributed by atoms with E-state index in [1.807, 2.05) is 0 Å². The zero-order valence-corrected chi connectivity index (χ0v) is 12.0. The zero-order chi connectivity index (χ0) is 14.5. The SMILES string of the molecule is O=C(CCl)N(Cc1ccc(F)cc1)c1cccc(Cl)c1. The highest BCUT2D eigenvalue weighted by molar-refractivity contribution is 6.31. The van der Waals surface area contributed by atoms with Crippen LogP contribution in [0.5, 0.6) is 0 Å². The molecule has 0 spiro atoms. The molecule has 0 radical (unpaired) electrons. The van der Waals surface area contributed by atoms with Gasteiger partial charge in [0.15, 0.2) is 0 Å². The predicted octanol–water partition coefficient (Wildman–Crippen LogP) is 4.25. The third-order valence-corrected chi connectivity index (χ3v) is 3.25. The molecule has 0 bridgehead atoms. The number of carbonyl (C=O) groups excluding carboxylic acids is 1. The molecule has 20 heavy (non-hydrogen) atoms. The molecule has 104 valence electrons. The lowest BCUT2D eigenvalue weighted by Gasteiger charge is -2.22. The zero-order valence-electron chi connectivity index (χ0n) is 10.5. The van der Waals surface area contributed by atoms with Crippen molar-refractivity contribution >= 4 is 34.8 Å². The monoisotopic (exact) mass is 311 g/mol. The Morgan fingerprint density at radius 3 is 2.45 bits per heavy atom. The maximum Gasteiger partial charge on any atom is 0.242 e. The van der Waals surface area contributed by atoms with Crippen LogP contribution in [-0.2, 0) is 11.3 Å². The number of hydrogen-bond acceptors (Lipinski definition) is 1. The molecule has 1 amide bonds. The van der Waals surface area contributed by atoms with Gasteiger partial charge in [-0.2, -0.15) is 0 Å². The first-order valence-electron chi connectivity index (χ1n) is 5.96. The molecule has 2 rings (SSSR count). The Hall–Kier alpha value is -1.58. The van der Waals surface area contributed by atoms with E-state index in [0.717, 1.165) is 5.56 Å². The fraction of sp³-hybridized carbons (Fsp3) is 0.133. The van der Waals surface area contributed by atoms with Crippen molar-refractivity contribution in [3.63, 3.8) is 0 Å². The van der Waals surface area contributed by atoms with Crippen LogP contribution in [0.25, 0.3) is 0 Å². The molecule has 0 atom stereocenters. The number of nitrogens with zero attached hydrogens (tertiary/aromatic N) is 1. The molecule has 0 unspecified atom stereocenters. The van der Waals surface area contributed by atoms with E-state index in [4.69, 9.17) is 23.2 Å². The lowest BCUT2D eigenvalue weighted by Crippen LogP contribution is -2.31. The van der Waals surface area contributed by atoms with E-state index in [2.05, 4.69) is 0 Å². The molecule has 0 N–H and O–H groups in total. The summed E-state index contributed by atoms with van der Waals surface area (Å²) in [5.74, 6) is -0.682. The van der Waals surface area contributed by atoms with E-state index >= 15 is 0 Å². The van der Waals surface area contributed by atoms with Crippen LogP contribution in [0.3, 0.4) is 0 Å². The highest BCUT2D eigenvalue weighted by atomic mass is 35.5. The molecular weight excluding hydrogens is 300 g/mol. The normalized spacial score (nSPS) is 10.3. The smallest absolute Gasteiger partial charge is 0.242 e. The van der Waals surface area contributed by atoms with Crippen LogP contribution in [0, 0.1) is 5.82 Å². The maximum atomic E-state index is 12.9. The fourth-order valence-corrected chi connectivity index (χ4v) is 2.14. The number of rotatable bonds is 4. The molecule has 0 aliphatic carbocycles. The van der Waals surface area contributed by atoms with Gasteiger partial charge in [0, 0.05) is 10.7 Å². The molecule has 0 fully saturated rings. The van der Waals surface area contributed by atoms with Crippen molar-refractivity contribution in [3.05, 3.63) is 64.9 Å². The largest absolute Gasteiger partial charge is 0.307 e. The average molecular weight is 312 g/mol. The summed E-state index contributed by atoms with van der Waals surface area (Å²) in [6.45, 7) is 0.312. The second-order valence-electron chi connectivity index (χ2n) is 4.22. The predicted molar refractivity (Wildman–Crippen MR) is 79.8 cm³/mol. The third-order valence-electron chi connectivity index (χ3n) is 2.79. The molecule has 2 aromatic carbocycles. The number of benzene rings is 2. The van der Waals surface area contributed by atoms with E-state index in [1.54, 1.807) is 36.4 Å². The minimum absolute atomic E-state index is 0.131. The molecule has 5 heteroatoms. The summed E-state index contributed by atoms with van der Waals surface area (Å²) in [6, 6.07) is 12.9. The van der Waals surface area contributed by atoms with E-state index in [-0.39, 0.29) is 17.6 Å². The van der Waals surface area contributed by atoms with Gasteiger partial charge in [0.2, 0.25) is 5.91 Å². The summed E-state index contributed by atoms with van der Waals surface area (Å²) in [5, 5.41) is 0.536. The Morgan fingerprint density at radius 1 is 1.15 bits per heavy atom. The van der Waals surface area contributed by atoms with Crippen LogP contribution in [0.15, 0.2) is 48.5 Å². The summed E-state index contributed by atoms with van der Waals surface area (Å²) in [5.41, 5.74) is 1.47. The van der Waals surface area contributed by atoms with Gasteiger partial charge < -0.3 is 4.90 Å². The van der Waals surface area contributed by atoms with Crippen LogP contribution in [0.2, 0.25) is 5.02 Å². The first-order chi connectivity index (χ1) is 9.60. The summed E-state index contributed by atoms with van der Waals surface area (Å²) in [6.07, 6.45) is 0. The van der Waals surface area contributed by atoms with Crippen LogP contribution >= 0.6 is 23.2 Å². The van der Waals surface area contributed by atoms with E-state index < -0.39 is 0 Å². The third kappa shape index (κ3) is 3.71. The van der Waals surface area contributed by atoms with Gasteiger partial charge >= 0.3 is 0 Å². The van der Waals surface area contributed by atoms with Gasteiger partial charge in [-0.05, 0) is 35.9 Å². The average Bonchev–Trinajstić information content (AvgIpc) is 2.46. The fourth-order valence-electron chi connectivity index (χ4n) is 1.81. The molecule has 2 nitrogen and oxygen atoms in total. The van der Waals surface area contributed by atoms with Crippen LogP contribution < -0.4 is 4.90 Å². The topological polar surface area (TPSA) is 20.3 Å². The first-order valence-corrected chi connectivity index (χ1v) is 6.88. The van der Waals surface area contributed by atoms with Crippen molar-refractivity contribution in [1.82, 2.24) is 0 Å². The number of hydrogen-bond donors (Lipinski definition) is 0. The number of carbonyl (C=O) groups is 1. The van der Waals surface area contributed by atoms with Gasteiger partial charge in [-0.3, -0.25) is 4.79 Å². The maximum absolute atomic E-state index is 12.9. The number of halogens is 3. The minimum Gasteiger partial charge on any atom is -0.307 e. The van der Waals surface area contributed by atoms with Gasteiger partial charge in [0.25, 0.3) is 0 Å². The molecule has 0 aliphatic rings. The van der Waals surface area contributed by atoms with Crippen molar-refractivity contribution in [2.45, 2.75) is 6.54 Å². The van der Waals surface area contributed by atoms with Gasteiger partial charge in [0.05, 0.1) is 6.54 Å². The van der Waals surface area contributed by atoms with E-state index in [1.165, 1.54) is 17.0 Å². The van der Waals surface area contributed by atoms with Crippen molar-refractivity contribution in [1.29, 1.82) is 0 Å². The second-order valence-corrected chi connectivity index (χ2v) is 4.92. The van der Waals surface area contributed by atoms with Gasteiger partial charge in [0.1, 0.15) is 11.7 Å². The molecule has 0 saturated heterocycles. The molecule has 0 heterocycles. The van der Waals surface area contributed by atoms with E-state index in [9.17, 15) is 9.18 Å².